The third kappa shape index (κ3) is 6.29. The van der Waals surface area contributed by atoms with Crippen LogP contribution in [-0.2, 0) is 14.3 Å². The van der Waals surface area contributed by atoms with Crippen LogP contribution in [-0.4, -0.2) is 34.6 Å². The zero-order chi connectivity index (χ0) is 29.7. The number of amides is 1. The molecule has 210 valence electrons. The summed E-state index contributed by atoms with van der Waals surface area (Å²) in [6, 6.07) is 16.1. The molecule has 0 bridgehead atoms. The van der Waals surface area contributed by atoms with Gasteiger partial charge in [-0.2, -0.15) is 5.26 Å². The van der Waals surface area contributed by atoms with Crippen molar-refractivity contribution < 1.29 is 19.1 Å². The Balaban J connectivity index is 1.84. The van der Waals surface area contributed by atoms with Crippen LogP contribution in [0, 0.1) is 17.2 Å². The molecule has 0 saturated carbocycles. The summed E-state index contributed by atoms with van der Waals surface area (Å²) in [4.78, 5) is 29.5. The molecule has 0 radical (unpaired) electrons. The number of ether oxygens (including phenoxy) is 2. The monoisotopic (exact) mass is 551 g/mol. The molecule has 3 atom stereocenters. The molecular weight excluding hydrogens is 518 g/mol. The van der Waals surface area contributed by atoms with Crippen molar-refractivity contribution in [3.05, 3.63) is 79.1 Å². The smallest absolute Gasteiger partial charge is 0.325 e. The molecule has 9 nitrogen and oxygen atoms in total. The second-order valence-corrected chi connectivity index (χ2v) is 9.83. The molecule has 2 aromatic carbocycles. The van der Waals surface area contributed by atoms with Gasteiger partial charge >= 0.3 is 5.97 Å². The maximum absolute atomic E-state index is 12.8. The number of rotatable bonds is 10. The van der Waals surface area contributed by atoms with Crippen LogP contribution in [0.15, 0.2) is 73.6 Å². The molecule has 9 heteroatoms. The number of nitrogens with two attached hydrogens (primary N) is 1. The van der Waals surface area contributed by atoms with Crippen molar-refractivity contribution in [2.24, 2.45) is 11.7 Å². The van der Waals surface area contributed by atoms with Crippen LogP contribution in [0.25, 0.3) is 33.3 Å². The lowest BCUT2D eigenvalue weighted by atomic mass is 10.0. The van der Waals surface area contributed by atoms with E-state index in [1.54, 1.807) is 43.0 Å². The lowest BCUT2D eigenvalue weighted by molar-refractivity contribution is -0.155. The Morgan fingerprint density at radius 2 is 1.95 bits per heavy atom. The molecule has 0 spiro atoms. The van der Waals surface area contributed by atoms with Crippen LogP contribution in [0.4, 0.5) is 5.69 Å². The number of carbonyl (C=O) groups is 2. The molecule has 41 heavy (non-hydrogen) atoms. The molecule has 0 saturated heterocycles. The number of hydrogen-bond acceptors (Lipinski definition) is 7. The third-order valence-electron chi connectivity index (χ3n) is 7.11. The second kappa shape index (κ2) is 12.5. The molecule has 0 fully saturated rings. The van der Waals surface area contributed by atoms with Gasteiger partial charge in [0.25, 0.3) is 0 Å². The first-order valence-electron chi connectivity index (χ1n) is 13.3. The molecule has 2 aromatic heterocycles. The molecule has 4 aromatic rings. The molecule has 3 N–H and O–H groups in total. The van der Waals surface area contributed by atoms with Crippen molar-refractivity contribution >= 4 is 28.6 Å². The molecule has 3 unspecified atom stereocenters. The van der Waals surface area contributed by atoms with Gasteiger partial charge < -0.3 is 20.5 Å². The number of methoxy groups -OCH3 is 1. The zero-order valence-electron chi connectivity index (χ0n) is 23.5. The van der Waals surface area contributed by atoms with Gasteiger partial charge in [0.05, 0.1) is 18.7 Å². The number of nitrogens with zero attached hydrogens (tertiary/aromatic N) is 3. The van der Waals surface area contributed by atoms with E-state index in [0.717, 1.165) is 34.1 Å². The maximum Gasteiger partial charge on any atom is 0.325 e. The van der Waals surface area contributed by atoms with E-state index in [4.69, 9.17) is 20.2 Å². The second-order valence-electron chi connectivity index (χ2n) is 9.83. The average Bonchev–Trinajstić information content (AvgIpc) is 3.39. The number of anilines is 1. The molecule has 0 aliphatic rings. The van der Waals surface area contributed by atoms with Crippen LogP contribution in [0.5, 0.6) is 5.75 Å². The molecule has 0 aliphatic carbocycles. The van der Waals surface area contributed by atoms with Crippen molar-refractivity contribution in [3.8, 4) is 34.1 Å². The molecule has 1 amide bonds. The summed E-state index contributed by atoms with van der Waals surface area (Å²) in [6.45, 7) is 9.16. The topological polar surface area (TPSA) is 132 Å². The number of nitrogens with one attached hydrogen (secondary N) is 1. The fourth-order valence-corrected chi connectivity index (χ4v) is 4.49. The Morgan fingerprint density at radius 3 is 2.63 bits per heavy atom. The van der Waals surface area contributed by atoms with E-state index in [1.165, 1.54) is 6.08 Å². The molecule has 4 rings (SSSR count). The third-order valence-corrected chi connectivity index (χ3v) is 7.11. The van der Waals surface area contributed by atoms with Gasteiger partial charge in [0, 0.05) is 40.7 Å². The van der Waals surface area contributed by atoms with E-state index >= 15 is 0 Å². The highest BCUT2D eigenvalue weighted by molar-refractivity contribution is 6.00. The van der Waals surface area contributed by atoms with Crippen molar-refractivity contribution in [1.82, 2.24) is 9.55 Å². The van der Waals surface area contributed by atoms with Crippen LogP contribution in [0.3, 0.4) is 0 Å². The fourth-order valence-electron chi connectivity index (χ4n) is 4.49. The van der Waals surface area contributed by atoms with Gasteiger partial charge in [-0.05, 0) is 60.4 Å². The van der Waals surface area contributed by atoms with E-state index in [-0.39, 0.29) is 11.8 Å². The summed E-state index contributed by atoms with van der Waals surface area (Å²) in [5.74, 6) is -0.292. The van der Waals surface area contributed by atoms with Gasteiger partial charge in [0.2, 0.25) is 5.91 Å². The standard InChI is InChI=1S/C32H33N5O4/c1-6-19(3)30(34)32(39)41-20(4)37-18-28(22-10-8-9-21(11-22)16-33)27-14-24(17-35-31(27)37)23-12-25(36-29(38)7-2)15-26(13-23)40-5/h7-15,17-20,30H,2,6,34H2,1,3-5H3,(H,36,38). The number of esters is 1. The van der Waals surface area contributed by atoms with Crippen LogP contribution < -0.4 is 15.8 Å². The number of hydrogen-bond donors (Lipinski definition) is 2. The summed E-state index contributed by atoms with van der Waals surface area (Å²) in [7, 11) is 1.55. The highest BCUT2D eigenvalue weighted by atomic mass is 16.6. The zero-order valence-corrected chi connectivity index (χ0v) is 23.5. The van der Waals surface area contributed by atoms with Gasteiger partial charge in [0.1, 0.15) is 17.4 Å². The van der Waals surface area contributed by atoms with Gasteiger partial charge in [0.15, 0.2) is 6.23 Å². The minimum Gasteiger partial charge on any atom is -0.497 e. The van der Waals surface area contributed by atoms with Crippen molar-refractivity contribution in [2.45, 2.75) is 39.5 Å². The molecule has 2 heterocycles. The maximum atomic E-state index is 12.8. The molecule has 0 aliphatic heterocycles. The highest BCUT2D eigenvalue weighted by Gasteiger charge is 2.25. The Morgan fingerprint density at radius 1 is 1.17 bits per heavy atom. The Labute approximate surface area is 239 Å². The van der Waals surface area contributed by atoms with Gasteiger partial charge in [-0.3, -0.25) is 14.2 Å². The largest absolute Gasteiger partial charge is 0.497 e. The first-order valence-corrected chi connectivity index (χ1v) is 13.3. The van der Waals surface area contributed by atoms with E-state index < -0.39 is 18.2 Å². The number of aromatic nitrogens is 2. The van der Waals surface area contributed by atoms with Crippen LogP contribution >= 0.6 is 0 Å². The van der Waals surface area contributed by atoms with Crippen molar-refractivity contribution in [2.75, 3.05) is 12.4 Å². The Hall–Kier alpha value is -4.94. The van der Waals surface area contributed by atoms with Crippen molar-refractivity contribution in [1.29, 1.82) is 5.26 Å². The van der Waals surface area contributed by atoms with Gasteiger partial charge in [-0.25, -0.2) is 4.98 Å². The minimum absolute atomic E-state index is 0.0231. The summed E-state index contributed by atoms with van der Waals surface area (Å²) >= 11 is 0. The normalized spacial score (nSPS) is 13.1. The highest BCUT2D eigenvalue weighted by Crippen LogP contribution is 2.36. The average molecular weight is 552 g/mol. The van der Waals surface area contributed by atoms with Gasteiger partial charge in [-0.1, -0.05) is 39.0 Å². The van der Waals surface area contributed by atoms with Crippen LogP contribution in [0.2, 0.25) is 0 Å². The number of benzene rings is 2. The lowest BCUT2D eigenvalue weighted by Gasteiger charge is -2.21. The minimum atomic E-state index is -0.737. The number of pyridine rings is 1. The fraction of sp³-hybridized carbons (Fsp3) is 0.250. The predicted octanol–water partition coefficient (Wildman–Crippen LogP) is 5.81. The van der Waals surface area contributed by atoms with E-state index in [0.29, 0.717) is 22.6 Å². The van der Waals surface area contributed by atoms with E-state index in [1.807, 2.05) is 50.4 Å². The summed E-state index contributed by atoms with van der Waals surface area (Å²) in [6.07, 6.45) is 4.84. The first-order chi connectivity index (χ1) is 19.7. The first kappa shape index (κ1) is 29.1. The number of carbonyl (C=O) groups excluding carboxylic acids is 2. The molecular formula is C32H33N5O4. The number of nitriles is 1. The lowest BCUT2D eigenvalue weighted by Crippen LogP contribution is -2.38. The van der Waals surface area contributed by atoms with E-state index in [9.17, 15) is 14.9 Å². The Kier molecular flexibility index (Phi) is 8.85. The summed E-state index contributed by atoms with van der Waals surface area (Å²) in [5.41, 5.74) is 10.9. The van der Waals surface area contributed by atoms with E-state index in [2.05, 4.69) is 18.0 Å². The summed E-state index contributed by atoms with van der Waals surface area (Å²) in [5, 5.41) is 13.1. The van der Waals surface area contributed by atoms with Gasteiger partial charge in [-0.15, -0.1) is 0 Å². The SMILES string of the molecule is C=CC(=O)Nc1cc(OC)cc(-c2cnc3c(c2)c(-c2cccc(C#N)c2)cn3C(C)OC(=O)C(N)C(C)CC)c1. The Bertz CT molecular complexity index is 1650. The van der Waals surface area contributed by atoms with Crippen LogP contribution in [0.1, 0.15) is 39.0 Å². The summed E-state index contributed by atoms with van der Waals surface area (Å²) < 4.78 is 13.0. The predicted molar refractivity (Wildman–Crippen MR) is 159 cm³/mol. The number of fused-ring (bicyclic) bond motifs is 1. The van der Waals surface area contributed by atoms with Crippen molar-refractivity contribution in [3.63, 3.8) is 0 Å². The quantitative estimate of drug-likeness (QED) is 0.188.